The number of piperazine rings is 2. The number of amides is 1. The van der Waals surface area contributed by atoms with Crippen molar-refractivity contribution in [2.45, 2.75) is 58.3 Å². The van der Waals surface area contributed by atoms with Gasteiger partial charge in [-0.3, -0.25) is 24.3 Å². The van der Waals surface area contributed by atoms with Crippen LogP contribution in [0.15, 0.2) is 78.9 Å². The molecule has 3 aromatic rings. The van der Waals surface area contributed by atoms with Gasteiger partial charge in [0.25, 0.3) is 5.91 Å². The van der Waals surface area contributed by atoms with Gasteiger partial charge in [0.2, 0.25) is 0 Å². The summed E-state index contributed by atoms with van der Waals surface area (Å²) in [4.78, 5) is 34.7. The number of hydrogen-bond donors (Lipinski definition) is 1. The molecule has 1 unspecified atom stereocenters. The van der Waals surface area contributed by atoms with Gasteiger partial charge in [0.1, 0.15) is 5.75 Å². The number of carbonyl (C=O) groups is 2. The standard InChI is InChI=1S/C37H48N4O4/c1-4-45-35(43)17-10-18-38-19-21-39(22-20-38)37(44)33-15-8-13-31(23-33)36(32-14-9-16-34(42)24-32)41-26-28(2)40(25-29(41)3)27-30-11-6-5-7-12-30/h5-9,11-16,23-24,28-29,36,42H,4,10,17-22,25-27H2,1-3H3/t28-,29+,36?/m1/s1. The number of esters is 1. The van der Waals surface area contributed by atoms with Gasteiger partial charge < -0.3 is 14.7 Å². The van der Waals surface area contributed by atoms with Crippen molar-refractivity contribution in [3.05, 3.63) is 101 Å². The van der Waals surface area contributed by atoms with Crippen LogP contribution in [0, 0.1) is 0 Å². The van der Waals surface area contributed by atoms with Gasteiger partial charge in [0.15, 0.2) is 0 Å². The minimum absolute atomic E-state index is 0.0479. The Labute approximate surface area is 268 Å². The SMILES string of the molecule is CCOC(=O)CCCN1CCN(C(=O)c2cccc(C(c3cccc(O)c3)N3C[C@@H](C)N(Cc4ccccc4)C[C@@H]3C)c2)CC1. The van der Waals surface area contributed by atoms with Gasteiger partial charge in [0.05, 0.1) is 12.6 Å². The molecule has 0 bridgehead atoms. The monoisotopic (exact) mass is 612 g/mol. The van der Waals surface area contributed by atoms with Crippen molar-refractivity contribution in [3.8, 4) is 5.75 Å². The fourth-order valence-electron chi connectivity index (χ4n) is 6.77. The fourth-order valence-corrected chi connectivity index (χ4v) is 6.77. The Balaban J connectivity index is 1.29. The Bertz CT molecular complexity index is 1410. The van der Waals surface area contributed by atoms with Crippen LogP contribution in [0.1, 0.15) is 66.7 Å². The van der Waals surface area contributed by atoms with E-state index >= 15 is 0 Å². The summed E-state index contributed by atoms with van der Waals surface area (Å²) in [6.07, 6.45) is 1.20. The van der Waals surface area contributed by atoms with Crippen LogP contribution in [0.5, 0.6) is 5.75 Å². The summed E-state index contributed by atoms with van der Waals surface area (Å²) in [5, 5.41) is 10.5. The number of rotatable bonds is 11. The molecule has 240 valence electrons. The molecule has 0 aliphatic carbocycles. The Hall–Kier alpha value is -3.72. The smallest absolute Gasteiger partial charge is 0.305 e. The van der Waals surface area contributed by atoms with Crippen LogP contribution < -0.4 is 0 Å². The lowest BCUT2D eigenvalue weighted by atomic mass is 9.92. The van der Waals surface area contributed by atoms with Gasteiger partial charge in [-0.15, -0.1) is 0 Å². The average Bonchev–Trinajstić information content (AvgIpc) is 3.04. The van der Waals surface area contributed by atoms with Crippen LogP contribution in [0.25, 0.3) is 0 Å². The van der Waals surface area contributed by atoms with Gasteiger partial charge in [-0.1, -0.05) is 54.6 Å². The molecule has 2 aliphatic heterocycles. The maximum atomic E-state index is 13.7. The van der Waals surface area contributed by atoms with Crippen molar-refractivity contribution < 1.29 is 19.4 Å². The molecule has 0 aromatic heterocycles. The molecule has 0 saturated carbocycles. The molecule has 0 spiro atoms. The first-order valence-corrected chi connectivity index (χ1v) is 16.4. The molecule has 2 heterocycles. The lowest BCUT2D eigenvalue weighted by Crippen LogP contribution is -2.56. The predicted molar refractivity (Wildman–Crippen MR) is 177 cm³/mol. The van der Waals surface area contributed by atoms with E-state index in [1.165, 1.54) is 5.56 Å². The van der Waals surface area contributed by atoms with Crippen molar-refractivity contribution in [1.82, 2.24) is 19.6 Å². The molecule has 8 heteroatoms. The fraction of sp³-hybridized carbons (Fsp3) is 0.459. The molecule has 1 N–H and O–H groups in total. The van der Waals surface area contributed by atoms with E-state index in [0.29, 0.717) is 37.7 Å². The highest BCUT2D eigenvalue weighted by Gasteiger charge is 2.35. The average molecular weight is 613 g/mol. The highest BCUT2D eigenvalue weighted by Crippen LogP contribution is 2.35. The van der Waals surface area contributed by atoms with Crippen LogP contribution in [0.2, 0.25) is 0 Å². The molecule has 2 aliphatic rings. The molecular weight excluding hydrogens is 564 g/mol. The molecule has 5 rings (SSSR count). The third kappa shape index (κ3) is 8.51. The lowest BCUT2D eigenvalue weighted by molar-refractivity contribution is -0.143. The van der Waals surface area contributed by atoms with Gasteiger partial charge in [-0.05, 0) is 74.7 Å². The highest BCUT2D eigenvalue weighted by molar-refractivity contribution is 5.94. The number of phenolic OH excluding ortho intramolecular Hbond substituents is 1. The van der Waals surface area contributed by atoms with Gasteiger partial charge in [-0.2, -0.15) is 0 Å². The second-order valence-electron chi connectivity index (χ2n) is 12.5. The maximum Gasteiger partial charge on any atom is 0.305 e. The van der Waals surface area contributed by atoms with Crippen LogP contribution >= 0.6 is 0 Å². The molecule has 3 atom stereocenters. The molecule has 1 amide bonds. The van der Waals surface area contributed by atoms with E-state index in [-0.39, 0.29) is 29.7 Å². The number of aromatic hydroxyl groups is 1. The van der Waals surface area contributed by atoms with E-state index in [9.17, 15) is 14.7 Å². The first-order valence-electron chi connectivity index (χ1n) is 16.4. The lowest BCUT2D eigenvalue weighted by Gasteiger charge is -2.47. The van der Waals surface area contributed by atoms with Gasteiger partial charge >= 0.3 is 5.97 Å². The summed E-state index contributed by atoms with van der Waals surface area (Å²) in [6.45, 7) is 13.3. The van der Waals surface area contributed by atoms with Crippen molar-refractivity contribution in [2.24, 2.45) is 0 Å². The zero-order valence-electron chi connectivity index (χ0n) is 27.0. The first-order chi connectivity index (χ1) is 21.8. The minimum Gasteiger partial charge on any atom is -0.508 e. The summed E-state index contributed by atoms with van der Waals surface area (Å²) >= 11 is 0. The summed E-state index contributed by atoms with van der Waals surface area (Å²) in [6, 6.07) is 26.7. The number of hydrogen-bond acceptors (Lipinski definition) is 7. The number of benzene rings is 3. The largest absolute Gasteiger partial charge is 0.508 e. The molecule has 3 aromatic carbocycles. The van der Waals surface area contributed by atoms with E-state index in [0.717, 1.165) is 56.8 Å². The maximum absolute atomic E-state index is 13.7. The van der Waals surface area contributed by atoms with Crippen molar-refractivity contribution in [1.29, 1.82) is 0 Å². The van der Waals surface area contributed by atoms with E-state index in [1.54, 1.807) is 6.07 Å². The van der Waals surface area contributed by atoms with Crippen LogP contribution in [0.4, 0.5) is 0 Å². The third-order valence-corrected chi connectivity index (χ3v) is 9.18. The quantitative estimate of drug-likeness (QED) is 0.299. The Morgan fingerprint density at radius 3 is 2.29 bits per heavy atom. The van der Waals surface area contributed by atoms with Crippen molar-refractivity contribution in [2.75, 3.05) is 52.4 Å². The normalized spacial score (nSPS) is 20.6. The molecule has 2 fully saturated rings. The predicted octanol–water partition coefficient (Wildman–Crippen LogP) is 5.18. The zero-order valence-corrected chi connectivity index (χ0v) is 27.0. The van der Waals surface area contributed by atoms with Crippen LogP contribution in [-0.2, 0) is 16.1 Å². The summed E-state index contributed by atoms with van der Waals surface area (Å²) < 4.78 is 5.04. The molecule has 2 saturated heterocycles. The molecule has 45 heavy (non-hydrogen) atoms. The second-order valence-corrected chi connectivity index (χ2v) is 12.5. The van der Waals surface area contributed by atoms with E-state index in [4.69, 9.17) is 4.74 Å². The van der Waals surface area contributed by atoms with E-state index < -0.39 is 0 Å². The van der Waals surface area contributed by atoms with E-state index in [2.05, 4.69) is 77.1 Å². The zero-order chi connectivity index (χ0) is 31.8. The number of carbonyl (C=O) groups excluding carboxylic acids is 2. The molecule has 8 nitrogen and oxygen atoms in total. The topological polar surface area (TPSA) is 76.6 Å². The Kier molecular flexibility index (Phi) is 11.3. The molecular formula is C37H48N4O4. The summed E-state index contributed by atoms with van der Waals surface area (Å²) in [7, 11) is 0. The summed E-state index contributed by atoms with van der Waals surface area (Å²) in [5.41, 5.74) is 4.08. The van der Waals surface area contributed by atoms with Crippen molar-refractivity contribution in [3.63, 3.8) is 0 Å². The number of phenols is 1. The van der Waals surface area contributed by atoms with Gasteiger partial charge in [-0.25, -0.2) is 0 Å². The summed E-state index contributed by atoms with van der Waals surface area (Å²) in [5.74, 6) is 0.146. The van der Waals surface area contributed by atoms with Crippen LogP contribution in [-0.4, -0.2) is 101 Å². The van der Waals surface area contributed by atoms with Crippen molar-refractivity contribution >= 4 is 11.9 Å². The number of ether oxygens (including phenoxy) is 1. The Morgan fingerprint density at radius 1 is 0.867 bits per heavy atom. The molecule has 0 radical (unpaired) electrons. The minimum atomic E-state index is -0.145. The van der Waals surface area contributed by atoms with Gasteiger partial charge in [0, 0.05) is 69.9 Å². The first kappa shape index (κ1) is 32.7. The second kappa shape index (κ2) is 15.5. The Morgan fingerprint density at radius 2 is 1.58 bits per heavy atom. The number of nitrogens with zero attached hydrogens (tertiary/aromatic N) is 4. The highest BCUT2D eigenvalue weighted by atomic mass is 16.5. The van der Waals surface area contributed by atoms with E-state index in [1.807, 2.05) is 36.1 Å². The van der Waals surface area contributed by atoms with Crippen LogP contribution in [0.3, 0.4) is 0 Å². The third-order valence-electron chi connectivity index (χ3n) is 9.18.